The van der Waals surface area contributed by atoms with Crippen LogP contribution in [-0.4, -0.2) is 200 Å². The van der Waals surface area contributed by atoms with Crippen molar-refractivity contribution in [3.05, 3.63) is 35.9 Å². The number of ether oxygens (including phenoxy) is 13. The van der Waals surface area contributed by atoms with E-state index >= 15 is 0 Å². The van der Waals surface area contributed by atoms with Crippen LogP contribution in [0.15, 0.2) is 30.3 Å². The normalized spacial score (nSPS) is 48.4. The van der Waals surface area contributed by atoms with E-state index in [0.29, 0.717) is 56.9 Å². The highest BCUT2D eigenvalue weighted by Gasteiger charge is 2.76. The zero-order valence-electron chi connectivity index (χ0n) is 46.8. The molecule has 4 heterocycles. The maximum atomic E-state index is 14.1. The van der Waals surface area contributed by atoms with Gasteiger partial charge in [0.1, 0.15) is 60.7 Å². The minimum absolute atomic E-state index is 0.0912. The van der Waals surface area contributed by atoms with Crippen molar-refractivity contribution in [3.8, 4) is 0 Å². The zero-order chi connectivity index (χ0) is 56.2. The van der Waals surface area contributed by atoms with Crippen molar-refractivity contribution < 1.29 is 101 Å². The Balaban J connectivity index is 0.823. The molecule has 1 aromatic rings. The Kier molecular flexibility index (Phi) is 18.5. The van der Waals surface area contributed by atoms with Crippen LogP contribution in [0.3, 0.4) is 0 Å². The first-order valence-electron chi connectivity index (χ1n) is 28.2. The van der Waals surface area contributed by atoms with Gasteiger partial charge in [-0.15, -0.1) is 0 Å². The second kappa shape index (κ2) is 24.2. The Morgan fingerprint density at radius 1 is 0.641 bits per heavy atom. The van der Waals surface area contributed by atoms with Gasteiger partial charge in [0, 0.05) is 64.8 Å². The van der Waals surface area contributed by atoms with Gasteiger partial charge >= 0.3 is 11.9 Å². The zero-order valence-corrected chi connectivity index (χ0v) is 46.8. The molecule has 8 fully saturated rings. The lowest BCUT2D eigenvalue weighted by Crippen LogP contribution is -2.73. The molecule has 0 amide bonds. The predicted octanol–water partition coefficient (Wildman–Crippen LogP) is 3.52. The lowest BCUT2D eigenvalue weighted by molar-refractivity contribution is -0.357. The van der Waals surface area contributed by atoms with E-state index in [1.54, 1.807) is 45.4 Å². The number of carbonyl (C=O) groups is 3. The summed E-state index contributed by atoms with van der Waals surface area (Å²) in [5.74, 6) is -2.42. The molecule has 0 aromatic heterocycles. The van der Waals surface area contributed by atoms with E-state index < -0.39 is 158 Å². The Bertz CT molecular complexity index is 2200. The number of benzene rings is 1. The molecule has 4 aliphatic heterocycles. The molecule has 9 rings (SSSR count). The van der Waals surface area contributed by atoms with Crippen LogP contribution in [0.25, 0.3) is 0 Å². The first-order chi connectivity index (χ1) is 37.1. The molecule has 4 saturated heterocycles. The summed E-state index contributed by atoms with van der Waals surface area (Å²) in [6, 6.07) is 8.73. The molecule has 0 bridgehead atoms. The monoisotopic (exact) mass is 1110 g/mol. The van der Waals surface area contributed by atoms with Gasteiger partial charge in [-0.3, -0.25) is 9.59 Å². The van der Waals surface area contributed by atoms with Crippen LogP contribution in [0.1, 0.15) is 123 Å². The molecule has 21 nitrogen and oxygen atoms in total. The lowest BCUT2D eigenvalue weighted by atomic mass is 9.41. The summed E-state index contributed by atoms with van der Waals surface area (Å²) >= 11 is 0. The van der Waals surface area contributed by atoms with Crippen molar-refractivity contribution in [2.45, 2.75) is 241 Å². The lowest BCUT2D eigenvalue weighted by Gasteiger charge is -2.66. The molecule has 4 aliphatic carbocycles. The Hall–Kier alpha value is -2.81. The summed E-state index contributed by atoms with van der Waals surface area (Å²) in [5, 5.41) is 54.0. The van der Waals surface area contributed by atoms with E-state index in [1.165, 1.54) is 21.0 Å². The van der Waals surface area contributed by atoms with Crippen molar-refractivity contribution >= 4 is 17.7 Å². The summed E-state index contributed by atoms with van der Waals surface area (Å²) in [4.78, 5) is 40.6. The van der Waals surface area contributed by atoms with Gasteiger partial charge in [-0.1, -0.05) is 32.0 Å². The molecule has 4 saturated carbocycles. The minimum Gasteiger partial charge on any atom is -0.458 e. The number of hydrogen-bond donors (Lipinski definition) is 5. The van der Waals surface area contributed by atoms with Crippen molar-refractivity contribution in [1.82, 2.24) is 0 Å². The van der Waals surface area contributed by atoms with Crippen LogP contribution in [0.4, 0.5) is 0 Å². The van der Waals surface area contributed by atoms with Crippen LogP contribution >= 0.6 is 0 Å². The topological polar surface area (TPSA) is 272 Å². The number of carbonyl (C=O) groups excluding carboxylic acids is 3. The van der Waals surface area contributed by atoms with Gasteiger partial charge in [0.05, 0.1) is 60.5 Å². The Morgan fingerprint density at radius 3 is 1.72 bits per heavy atom. The first-order valence-corrected chi connectivity index (χ1v) is 28.2. The van der Waals surface area contributed by atoms with E-state index in [1.807, 2.05) is 26.8 Å². The van der Waals surface area contributed by atoms with Crippen molar-refractivity contribution in [2.24, 2.45) is 34.5 Å². The first kappa shape index (κ1) is 59.8. The number of esters is 2. The molecule has 5 N–H and O–H groups in total. The van der Waals surface area contributed by atoms with E-state index in [-0.39, 0.29) is 36.1 Å². The third kappa shape index (κ3) is 11.1. The SMILES string of the molecule is COC1CC(OC2CCC3(C)C(CCC4C3C(OC(=O)c3ccccc3)C(OC(C)=O)C3(C)C(C(C)=O)CCC43O)C2)OC(C)C1OC1CC(OC)C(OC2CC(OC)C(OC3OC(CO)C(O)C(O)C3O)C(C)O2)C(C)O1. The smallest absolute Gasteiger partial charge is 0.338 e. The number of Topliss-reactive ketones (excluding diaryl/α,β-unsaturated/α-hetero) is 1. The van der Waals surface area contributed by atoms with Gasteiger partial charge in [-0.25, -0.2) is 4.79 Å². The summed E-state index contributed by atoms with van der Waals surface area (Å²) in [7, 11) is 4.75. The highest BCUT2D eigenvalue weighted by molar-refractivity contribution is 5.89. The fraction of sp³-hybridized carbons (Fsp3) is 0.842. The summed E-state index contributed by atoms with van der Waals surface area (Å²) in [6.07, 6.45) is -11.3. The summed E-state index contributed by atoms with van der Waals surface area (Å²) < 4.78 is 81.8. The molecule has 27 atom stereocenters. The summed E-state index contributed by atoms with van der Waals surface area (Å²) in [5.41, 5.74) is -2.64. The quantitative estimate of drug-likeness (QED) is 0.117. The van der Waals surface area contributed by atoms with Gasteiger partial charge in [0.2, 0.25) is 0 Å². The van der Waals surface area contributed by atoms with Gasteiger partial charge in [-0.2, -0.15) is 0 Å². The number of aliphatic hydroxyl groups excluding tert-OH is 4. The molecular formula is C57H86O21. The van der Waals surface area contributed by atoms with Crippen molar-refractivity contribution in [1.29, 1.82) is 0 Å². The number of aliphatic hydroxyl groups is 5. The molecule has 8 aliphatic rings. The maximum absolute atomic E-state index is 14.1. The van der Waals surface area contributed by atoms with Gasteiger partial charge in [-0.05, 0) is 102 Å². The molecular weight excluding hydrogens is 1020 g/mol. The standard InChI is InChI=1S/C57H86O21/c1-27(59)35-19-21-57(65)36-17-16-33-22-34(18-20-55(33,6)44(36)51(52(56(35,57)7)72-31(5)60)77-53(64)32-14-12-11-13-15-32)73-41-23-37(66-8)48(28(2)69-41)75-42-24-38(67-9)49(29(3)70-42)76-43-25-39(68-10)50(30(4)71-43)78-54-47(63)46(62)45(61)40(26-58)74-54/h11-15,28-30,33-52,54,58,61-63,65H,16-26H2,1-10H3. The Labute approximate surface area is 457 Å². The minimum atomic E-state index is -1.60. The average Bonchev–Trinajstić information content (AvgIpc) is 3.72. The summed E-state index contributed by atoms with van der Waals surface area (Å²) in [6.45, 7) is 11.9. The highest BCUT2D eigenvalue weighted by atomic mass is 16.8. The molecule has 440 valence electrons. The highest BCUT2D eigenvalue weighted by Crippen LogP contribution is 2.70. The van der Waals surface area contributed by atoms with E-state index in [0.717, 1.165) is 6.42 Å². The third-order valence-electron chi connectivity index (χ3n) is 19.7. The second-order valence-corrected chi connectivity index (χ2v) is 24.0. The van der Waals surface area contributed by atoms with Crippen LogP contribution in [-0.2, 0) is 71.2 Å². The molecule has 0 spiro atoms. The fourth-order valence-electron chi connectivity index (χ4n) is 15.7. The molecule has 78 heavy (non-hydrogen) atoms. The predicted molar refractivity (Wildman–Crippen MR) is 272 cm³/mol. The Morgan fingerprint density at radius 2 is 1.19 bits per heavy atom. The number of rotatable bonds is 16. The fourth-order valence-corrected chi connectivity index (χ4v) is 15.7. The van der Waals surface area contributed by atoms with E-state index in [4.69, 9.17) is 61.6 Å². The van der Waals surface area contributed by atoms with Gasteiger partial charge < -0.3 is 87.1 Å². The van der Waals surface area contributed by atoms with Crippen molar-refractivity contribution in [2.75, 3.05) is 27.9 Å². The molecule has 0 radical (unpaired) electrons. The number of ketones is 1. The van der Waals surface area contributed by atoms with Gasteiger partial charge in [0.15, 0.2) is 25.2 Å². The molecule has 27 unspecified atom stereocenters. The van der Waals surface area contributed by atoms with Crippen LogP contribution < -0.4 is 0 Å². The van der Waals surface area contributed by atoms with Crippen molar-refractivity contribution in [3.63, 3.8) is 0 Å². The maximum Gasteiger partial charge on any atom is 0.338 e. The number of fused-ring (bicyclic) bond motifs is 5. The van der Waals surface area contributed by atoms with Gasteiger partial charge in [0.25, 0.3) is 0 Å². The molecule has 1 aromatic carbocycles. The second-order valence-electron chi connectivity index (χ2n) is 24.0. The average molecular weight is 1110 g/mol. The third-order valence-corrected chi connectivity index (χ3v) is 19.7. The van der Waals surface area contributed by atoms with E-state index in [9.17, 15) is 39.9 Å². The van der Waals surface area contributed by atoms with Crippen LogP contribution in [0.5, 0.6) is 0 Å². The number of hydrogen-bond acceptors (Lipinski definition) is 21. The largest absolute Gasteiger partial charge is 0.458 e. The molecule has 21 heteroatoms. The van der Waals surface area contributed by atoms with Crippen LogP contribution in [0, 0.1) is 34.5 Å². The van der Waals surface area contributed by atoms with Crippen LogP contribution in [0.2, 0.25) is 0 Å². The van der Waals surface area contributed by atoms with E-state index in [2.05, 4.69) is 6.92 Å². The number of methoxy groups -OCH3 is 3.